The zero-order chi connectivity index (χ0) is 9.84. The molecule has 1 rings (SSSR count). The minimum Gasteiger partial charge on any atom is -0.479 e. The molecule has 0 saturated heterocycles. The summed E-state index contributed by atoms with van der Waals surface area (Å²) in [6.45, 7) is 0. The van der Waals surface area contributed by atoms with E-state index in [1.807, 2.05) is 0 Å². The van der Waals surface area contributed by atoms with E-state index in [1.165, 1.54) is 12.1 Å². The van der Waals surface area contributed by atoms with Gasteiger partial charge in [-0.25, -0.2) is 4.79 Å². The third-order valence-corrected chi connectivity index (χ3v) is 1.60. The third-order valence-electron chi connectivity index (χ3n) is 1.60. The Bertz CT molecular complexity index is 314. The summed E-state index contributed by atoms with van der Waals surface area (Å²) >= 11 is 0. The second-order valence-electron chi connectivity index (χ2n) is 2.51. The first kappa shape index (κ1) is 9.50. The Labute approximate surface area is 74.8 Å². The number of aliphatic hydroxyl groups excluding tert-OH is 1. The molecule has 0 radical (unpaired) electrons. The molecule has 5 nitrogen and oxygen atoms in total. The van der Waals surface area contributed by atoms with Crippen LogP contribution in [0.5, 0.6) is 0 Å². The van der Waals surface area contributed by atoms with Crippen molar-refractivity contribution in [2.24, 2.45) is 5.84 Å². The van der Waals surface area contributed by atoms with E-state index in [9.17, 15) is 4.79 Å². The minimum atomic E-state index is -1.51. The molecule has 1 aromatic rings. The summed E-state index contributed by atoms with van der Waals surface area (Å²) in [6.07, 6.45) is -1.51. The second kappa shape index (κ2) is 3.88. The van der Waals surface area contributed by atoms with Gasteiger partial charge >= 0.3 is 5.97 Å². The fourth-order valence-electron chi connectivity index (χ4n) is 0.941. The molecule has 0 fully saturated rings. The molecular weight excluding hydrogens is 172 g/mol. The second-order valence-corrected chi connectivity index (χ2v) is 2.51. The first-order valence-corrected chi connectivity index (χ1v) is 3.62. The predicted octanol–water partition coefficient (Wildman–Crippen LogP) is 0.0902. The van der Waals surface area contributed by atoms with Crippen molar-refractivity contribution in [2.45, 2.75) is 6.10 Å². The highest BCUT2D eigenvalue weighted by atomic mass is 16.4. The van der Waals surface area contributed by atoms with E-state index >= 15 is 0 Å². The number of hydrazine groups is 1. The van der Waals surface area contributed by atoms with Crippen LogP contribution in [0, 0.1) is 0 Å². The number of nitrogens with one attached hydrogen (secondary N) is 1. The lowest BCUT2D eigenvalue weighted by Crippen LogP contribution is -2.12. The third kappa shape index (κ3) is 2.17. The van der Waals surface area contributed by atoms with Crippen molar-refractivity contribution < 1.29 is 15.0 Å². The van der Waals surface area contributed by atoms with Gasteiger partial charge in [-0.15, -0.1) is 0 Å². The maximum atomic E-state index is 10.4. The number of anilines is 1. The molecule has 0 spiro atoms. The maximum absolute atomic E-state index is 10.4. The van der Waals surface area contributed by atoms with Crippen LogP contribution < -0.4 is 11.3 Å². The standard InChI is InChI=1S/C8H10N2O3/c9-10-6-3-1-2-5(4-6)7(11)8(12)13/h1-4,7,10-11H,9H2,(H,12,13). The summed E-state index contributed by atoms with van der Waals surface area (Å²) < 4.78 is 0. The van der Waals surface area contributed by atoms with E-state index < -0.39 is 12.1 Å². The van der Waals surface area contributed by atoms with Crippen LogP contribution in [0.15, 0.2) is 24.3 Å². The first-order valence-electron chi connectivity index (χ1n) is 3.62. The highest BCUT2D eigenvalue weighted by Crippen LogP contribution is 2.16. The summed E-state index contributed by atoms with van der Waals surface area (Å²) in [6, 6.07) is 6.26. The topological polar surface area (TPSA) is 95.6 Å². The van der Waals surface area contributed by atoms with Gasteiger partial charge in [-0.3, -0.25) is 5.84 Å². The predicted molar refractivity (Wildman–Crippen MR) is 46.8 cm³/mol. The number of carboxylic acid groups (broad SMARTS) is 1. The van der Waals surface area contributed by atoms with Gasteiger partial charge in [0.25, 0.3) is 0 Å². The lowest BCUT2D eigenvalue weighted by Gasteiger charge is -2.07. The van der Waals surface area contributed by atoms with Gasteiger partial charge in [0, 0.05) is 5.69 Å². The molecule has 1 aromatic carbocycles. The lowest BCUT2D eigenvalue weighted by molar-refractivity contribution is -0.146. The van der Waals surface area contributed by atoms with Crippen LogP contribution in [-0.4, -0.2) is 16.2 Å². The fraction of sp³-hybridized carbons (Fsp3) is 0.125. The number of benzene rings is 1. The Morgan fingerprint density at radius 3 is 2.77 bits per heavy atom. The number of nitrogens with two attached hydrogens (primary N) is 1. The molecule has 0 saturated carbocycles. The lowest BCUT2D eigenvalue weighted by atomic mass is 10.1. The first-order chi connectivity index (χ1) is 6.15. The number of hydrogen-bond donors (Lipinski definition) is 4. The molecule has 0 heterocycles. The van der Waals surface area contributed by atoms with E-state index in [0.29, 0.717) is 11.3 Å². The van der Waals surface area contributed by atoms with E-state index in [0.717, 1.165) is 0 Å². The van der Waals surface area contributed by atoms with E-state index in [4.69, 9.17) is 16.1 Å². The quantitative estimate of drug-likeness (QED) is 0.392. The van der Waals surface area contributed by atoms with Crippen molar-refractivity contribution >= 4 is 11.7 Å². The van der Waals surface area contributed by atoms with Gasteiger partial charge in [0.2, 0.25) is 0 Å². The smallest absolute Gasteiger partial charge is 0.337 e. The molecule has 1 atom stereocenters. The fourth-order valence-corrected chi connectivity index (χ4v) is 0.941. The SMILES string of the molecule is NNc1cccc(C(O)C(=O)O)c1. The Morgan fingerprint density at radius 2 is 2.23 bits per heavy atom. The molecule has 0 aliphatic rings. The number of carbonyl (C=O) groups is 1. The Hall–Kier alpha value is -1.59. The van der Waals surface area contributed by atoms with Crippen molar-refractivity contribution in [3.05, 3.63) is 29.8 Å². The van der Waals surface area contributed by atoms with Gasteiger partial charge in [0.15, 0.2) is 6.10 Å². The number of carboxylic acids is 1. The van der Waals surface area contributed by atoms with Gasteiger partial charge in [-0.05, 0) is 17.7 Å². The number of nitrogen functional groups attached to an aromatic ring is 1. The van der Waals surface area contributed by atoms with Crippen molar-refractivity contribution in [1.82, 2.24) is 0 Å². The van der Waals surface area contributed by atoms with Crippen molar-refractivity contribution in [1.29, 1.82) is 0 Å². The summed E-state index contributed by atoms with van der Waals surface area (Å²) in [5.41, 5.74) is 3.21. The van der Waals surface area contributed by atoms with Crippen molar-refractivity contribution in [2.75, 3.05) is 5.43 Å². The van der Waals surface area contributed by atoms with Gasteiger partial charge in [0.1, 0.15) is 0 Å². The number of rotatable bonds is 3. The number of aliphatic hydroxyl groups is 1. The summed E-state index contributed by atoms with van der Waals surface area (Å²) in [5, 5.41) is 17.6. The highest BCUT2D eigenvalue weighted by molar-refractivity contribution is 5.74. The largest absolute Gasteiger partial charge is 0.479 e. The normalized spacial score (nSPS) is 12.2. The zero-order valence-electron chi connectivity index (χ0n) is 6.77. The summed E-state index contributed by atoms with van der Waals surface area (Å²) in [4.78, 5) is 10.4. The van der Waals surface area contributed by atoms with E-state index in [-0.39, 0.29) is 0 Å². The average Bonchev–Trinajstić information content (AvgIpc) is 2.16. The molecule has 5 N–H and O–H groups in total. The Morgan fingerprint density at radius 1 is 1.54 bits per heavy atom. The maximum Gasteiger partial charge on any atom is 0.337 e. The van der Waals surface area contributed by atoms with Crippen LogP contribution in [0.3, 0.4) is 0 Å². The highest BCUT2D eigenvalue weighted by Gasteiger charge is 2.15. The molecule has 70 valence electrons. The van der Waals surface area contributed by atoms with E-state index in [2.05, 4.69) is 5.43 Å². The van der Waals surface area contributed by atoms with Crippen LogP contribution >= 0.6 is 0 Å². The average molecular weight is 182 g/mol. The molecule has 13 heavy (non-hydrogen) atoms. The molecular formula is C8H10N2O3. The van der Waals surface area contributed by atoms with Crippen LogP contribution in [0.25, 0.3) is 0 Å². The molecule has 0 aromatic heterocycles. The van der Waals surface area contributed by atoms with Crippen LogP contribution in [0.4, 0.5) is 5.69 Å². The Balaban J connectivity index is 2.94. The molecule has 0 aliphatic carbocycles. The summed E-state index contributed by atoms with van der Waals surface area (Å²) in [5.74, 6) is 3.83. The minimum absolute atomic E-state index is 0.294. The van der Waals surface area contributed by atoms with Crippen LogP contribution in [0.1, 0.15) is 11.7 Å². The summed E-state index contributed by atoms with van der Waals surface area (Å²) in [7, 11) is 0. The van der Waals surface area contributed by atoms with Crippen LogP contribution in [-0.2, 0) is 4.79 Å². The number of aliphatic carboxylic acids is 1. The van der Waals surface area contributed by atoms with Gasteiger partial charge < -0.3 is 15.6 Å². The molecule has 0 aliphatic heterocycles. The Kier molecular flexibility index (Phi) is 2.84. The molecule has 0 amide bonds. The van der Waals surface area contributed by atoms with Crippen molar-refractivity contribution in [3.63, 3.8) is 0 Å². The van der Waals surface area contributed by atoms with Crippen molar-refractivity contribution in [3.8, 4) is 0 Å². The van der Waals surface area contributed by atoms with Crippen LogP contribution in [0.2, 0.25) is 0 Å². The van der Waals surface area contributed by atoms with Gasteiger partial charge in [0.05, 0.1) is 0 Å². The molecule has 1 unspecified atom stereocenters. The molecule has 5 heteroatoms. The zero-order valence-corrected chi connectivity index (χ0v) is 6.77. The molecule has 0 bridgehead atoms. The number of hydrogen-bond acceptors (Lipinski definition) is 4. The monoisotopic (exact) mass is 182 g/mol. The van der Waals surface area contributed by atoms with Gasteiger partial charge in [-0.1, -0.05) is 12.1 Å². The van der Waals surface area contributed by atoms with Gasteiger partial charge in [-0.2, -0.15) is 0 Å². The van der Waals surface area contributed by atoms with E-state index in [1.54, 1.807) is 12.1 Å².